The average Bonchev–Trinajstić information content (AvgIpc) is 2.52. The molecule has 0 aliphatic rings. The van der Waals surface area contributed by atoms with E-state index < -0.39 is 0 Å². The molecular weight excluding hydrogens is 266 g/mol. The molecular formula is C17H17NOS. The minimum absolute atomic E-state index is 0.00608. The number of rotatable bonds is 5. The molecule has 102 valence electrons. The highest BCUT2D eigenvalue weighted by atomic mass is 32.2. The first kappa shape index (κ1) is 14.4. The zero-order valence-corrected chi connectivity index (χ0v) is 12.0. The van der Waals surface area contributed by atoms with Crippen molar-refractivity contribution in [3.8, 4) is 0 Å². The minimum atomic E-state index is 0.00608. The van der Waals surface area contributed by atoms with Crippen LogP contribution in [0.3, 0.4) is 0 Å². The lowest BCUT2D eigenvalue weighted by molar-refractivity contribution is 0.260. The van der Waals surface area contributed by atoms with Crippen LogP contribution < -0.4 is 5.32 Å². The van der Waals surface area contributed by atoms with Gasteiger partial charge in [-0.05, 0) is 11.1 Å². The highest BCUT2D eigenvalue weighted by Gasteiger charge is 1.99. The molecule has 2 aromatic carbocycles. The number of amides is 1. The largest absolute Gasteiger partial charge is 0.343 e. The monoisotopic (exact) mass is 283 g/mol. The molecule has 2 nitrogen and oxygen atoms in total. The van der Waals surface area contributed by atoms with Gasteiger partial charge in [0.1, 0.15) is 0 Å². The molecule has 0 saturated carbocycles. The maximum absolute atomic E-state index is 11.6. The second kappa shape index (κ2) is 8.23. The van der Waals surface area contributed by atoms with Crippen molar-refractivity contribution >= 4 is 23.1 Å². The Kier molecular flexibility index (Phi) is 5.93. The molecule has 0 aromatic heterocycles. The normalized spacial score (nSPS) is 10.6. The van der Waals surface area contributed by atoms with Crippen molar-refractivity contribution in [2.75, 3.05) is 5.75 Å². The fourth-order valence-electron chi connectivity index (χ4n) is 1.69. The molecule has 0 aliphatic carbocycles. The van der Waals surface area contributed by atoms with E-state index in [0.717, 1.165) is 11.1 Å². The van der Waals surface area contributed by atoms with E-state index in [-0.39, 0.29) is 5.24 Å². The number of carbonyl (C=O) groups is 1. The lowest BCUT2D eigenvalue weighted by Gasteiger charge is -2.03. The van der Waals surface area contributed by atoms with Crippen molar-refractivity contribution in [2.24, 2.45) is 0 Å². The summed E-state index contributed by atoms with van der Waals surface area (Å²) >= 11 is 1.28. The molecule has 0 atom stereocenters. The van der Waals surface area contributed by atoms with Gasteiger partial charge in [-0.25, -0.2) is 0 Å². The Morgan fingerprint density at radius 1 is 1.00 bits per heavy atom. The molecule has 20 heavy (non-hydrogen) atoms. The van der Waals surface area contributed by atoms with Crippen molar-refractivity contribution in [3.05, 3.63) is 77.9 Å². The van der Waals surface area contributed by atoms with E-state index in [4.69, 9.17) is 0 Å². The fraction of sp³-hybridized carbons (Fsp3) is 0.118. The van der Waals surface area contributed by atoms with Crippen LogP contribution in [-0.2, 0) is 6.54 Å². The summed E-state index contributed by atoms with van der Waals surface area (Å²) < 4.78 is 0. The van der Waals surface area contributed by atoms with E-state index in [2.05, 4.69) is 5.32 Å². The third-order valence-corrected chi connectivity index (χ3v) is 3.47. The van der Waals surface area contributed by atoms with Gasteiger partial charge in [0, 0.05) is 12.3 Å². The first-order chi connectivity index (χ1) is 9.84. The van der Waals surface area contributed by atoms with Gasteiger partial charge in [-0.1, -0.05) is 84.6 Å². The molecule has 2 aromatic rings. The summed E-state index contributed by atoms with van der Waals surface area (Å²) in [6.45, 7) is 0.578. The number of hydrogen-bond donors (Lipinski definition) is 1. The Bertz CT molecular complexity index is 552. The van der Waals surface area contributed by atoms with Gasteiger partial charge in [-0.2, -0.15) is 0 Å². The van der Waals surface area contributed by atoms with Crippen LogP contribution in [0.5, 0.6) is 0 Å². The van der Waals surface area contributed by atoms with Crippen LogP contribution in [0.1, 0.15) is 11.1 Å². The van der Waals surface area contributed by atoms with Crippen LogP contribution in [0.15, 0.2) is 66.7 Å². The maximum Gasteiger partial charge on any atom is 0.279 e. The molecule has 0 fully saturated rings. The summed E-state index contributed by atoms with van der Waals surface area (Å²) in [5, 5.41) is 2.89. The van der Waals surface area contributed by atoms with Crippen LogP contribution in [0.2, 0.25) is 0 Å². The summed E-state index contributed by atoms with van der Waals surface area (Å²) in [5.41, 5.74) is 2.26. The molecule has 0 radical (unpaired) electrons. The summed E-state index contributed by atoms with van der Waals surface area (Å²) in [5.74, 6) is 0.676. The molecule has 1 N–H and O–H groups in total. The van der Waals surface area contributed by atoms with Crippen molar-refractivity contribution in [3.63, 3.8) is 0 Å². The molecule has 0 heterocycles. The van der Waals surface area contributed by atoms with Gasteiger partial charge in [-0.3, -0.25) is 4.79 Å². The van der Waals surface area contributed by atoms with Gasteiger partial charge < -0.3 is 5.32 Å². The zero-order valence-electron chi connectivity index (χ0n) is 11.2. The number of benzene rings is 2. The van der Waals surface area contributed by atoms with Gasteiger partial charge in [-0.15, -0.1) is 0 Å². The molecule has 3 heteroatoms. The van der Waals surface area contributed by atoms with Gasteiger partial charge in [0.25, 0.3) is 5.24 Å². The van der Waals surface area contributed by atoms with Crippen molar-refractivity contribution < 1.29 is 4.79 Å². The number of nitrogens with one attached hydrogen (secondary N) is 1. The molecule has 0 saturated heterocycles. The highest BCUT2D eigenvalue weighted by Crippen LogP contribution is 2.06. The van der Waals surface area contributed by atoms with Gasteiger partial charge in [0.15, 0.2) is 0 Å². The molecule has 0 unspecified atom stereocenters. The zero-order chi connectivity index (χ0) is 14.0. The summed E-state index contributed by atoms with van der Waals surface area (Å²) in [6.07, 6.45) is 4.03. The third-order valence-electron chi connectivity index (χ3n) is 2.70. The van der Waals surface area contributed by atoms with E-state index in [1.54, 1.807) is 0 Å². The molecule has 1 amide bonds. The van der Waals surface area contributed by atoms with Crippen molar-refractivity contribution in [2.45, 2.75) is 6.54 Å². The topological polar surface area (TPSA) is 29.1 Å². The summed E-state index contributed by atoms with van der Waals surface area (Å²) in [6, 6.07) is 20.0. The number of thioether (sulfide) groups is 1. The van der Waals surface area contributed by atoms with Crippen LogP contribution in [0.4, 0.5) is 4.79 Å². The Balaban J connectivity index is 1.67. The standard InChI is InChI=1S/C17H17NOS/c19-17(18-14-16-10-5-2-6-11-16)20-13-7-12-15-8-3-1-4-9-15/h1-12H,13-14H2,(H,18,19)/b12-7+. The lowest BCUT2D eigenvalue weighted by atomic mass is 10.2. The maximum atomic E-state index is 11.6. The average molecular weight is 283 g/mol. The van der Waals surface area contributed by atoms with Crippen LogP contribution in [0.25, 0.3) is 6.08 Å². The number of carbonyl (C=O) groups excluding carboxylic acids is 1. The van der Waals surface area contributed by atoms with Gasteiger partial charge >= 0.3 is 0 Å². The molecule has 2 rings (SSSR count). The Morgan fingerprint density at radius 2 is 1.65 bits per heavy atom. The van der Waals surface area contributed by atoms with Crippen LogP contribution >= 0.6 is 11.8 Å². The lowest BCUT2D eigenvalue weighted by Crippen LogP contribution is -2.17. The van der Waals surface area contributed by atoms with Gasteiger partial charge in [0.05, 0.1) is 0 Å². The van der Waals surface area contributed by atoms with Crippen LogP contribution in [-0.4, -0.2) is 11.0 Å². The highest BCUT2D eigenvalue weighted by molar-refractivity contribution is 8.13. The van der Waals surface area contributed by atoms with Crippen LogP contribution in [0, 0.1) is 0 Å². The molecule has 0 bridgehead atoms. The predicted octanol–water partition coefficient (Wildman–Crippen LogP) is 4.34. The van der Waals surface area contributed by atoms with E-state index in [1.165, 1.54) is 11.8 Å². The Morgan fingerprint density at radius 3 is 2.35 bits per heavy atom. The fourth-order valence-corrected chi connectivity index (χ4v) is 2.21. The van der Waals surface area contributed by atoms with E-state index >= 15 is 0 Å². The number of hydrogen-bond acceptors (Lipinski definition) is 2. The first-order valence-corrected chi connectivity index (χ1v) is 7.49. The Labute approximate surface area is 123 Å². The van der Waals surface area contributed by atoms with E-state index in [9.17, 15) is 4.79 Å². The van der Waals surface area contributed by atoms with E-state index in [0.29, 0.717) is 12.3 Å². The van der Waals surface area contributed by atoms with Crippen molar-refractivity contribution in [1.82, 2.24) is 5.32 Å². The summed E-state index contributed by atoms with van der Waals surface area (Å²) in [7, 11) is 0. The van der Waals surface area contributed by atoms with Crippen molar-refractivity contribution in [1.29, 1.82) is 0 Å². The third kappa shape index (κ3) is 5.33. The quantitative estimate of drug-likeness (QED) is 0.884. The second-order valence-corrected chi connectivity index (χ2v) is 5.24. The molecule has 0 aliphatic heterocycles. The Hall–Kier alpha value is -2.00. The second-order valence-electron chi connectivity index (χ2n) is 4.25. The van der Waals surface area contributed by atoms with E-state index in [1.807, 2.05) is 72.8 Å². The molecule has 0 spiro atoms. The first-order valence-electron chi connectivity index (χ1n) is 6.51. The van der Waals surface area contributed by atoms with Gasteiger partial charge in [0.2, 0.25) is 0 Å². The smallest absolute Gasteiger partial charge is 0.279 e. The minimum Gasteiger partial charge on any atom is -0.343 e. The summed E-state index contributed by atoms with van der Waals surface area (Å²) in [4.78, 5) is 11.6. The SMILES string of the molecule is O=C(NCc1ccccc1)SC/C=C/c1ccccc1. The predicted molar refractivity (Wildman–Crippen MR) is 86.6 cm³/mol.